The van der Waals surface area contributed by atoms with E-state index in [-0.39, 0.29) is 17.2 Å². The second-order valence-electron chi connectivity index (χ2n) is 5.97. The topological polar surface area (TPSA) is 63.4 Å². The molecule has 0 aromatic rings. The molecule has 0 rings (SSSR count). The van der Waals surface area contributed by atoms with E-state index in [1.54, 1.807) is 4.31 Å². The maximum absolute atomic E-state index is 12.2. The summed E-state index contributed by atoms with van der Waals surface area (Å²) in [7, 11) is -3.15. The van der Waals surface area contributed by atoms with E-state index in [1.165, 1.54) is 0 Å². The first-order valence-electron chi connectivity index (χ1n) is 6.30. The van der Waals surface area contributed by atoms with E-state index in [0.717, 1.165) is 0 Å². The van der Waals surface area contributed by atoms with Gasteiger partial charge < -0.3 is 5.73 Å². The predicted octanol–water partition coefficient (Wildman–Crippen LogP) is 1.81. The SMILES string of the molecule is CC(C)N(CCCN)S(=O)(=O)CCC(C)(C)C. The van der Waals surface area contributed by atoms with E-state index in [4.69, 9.17) is 5.73 Å². The number of sulfonamides is 1. The molecule has 0 bridgehead atoms. The van der Waals surface area contributed by atoms with Crippen molar-refractivity contribution in [3.63, 3.8) is 0 Å². The third-order valence-corrected chi connectivity index (χ3v) is 4.66. The van der Waals surface area contributed by atoms with Gasteiger partial charge in [-0.1, -0.05) is 20.8 Å². The van der Waals surface area contributed by atoms with Crippen LogP contribution in [0.5, 0.6) is 0 Å². The largest absolute Gasteiger partial charge is 0.330 e. The van der Waals surface area contributed by atoms with Gasteiger partial charge in [0.1, 0.15) is 0 Å². The van der Waals surface area contributed by atoms with Crippen molar-refractivity contribution in [3.8, 4) is 0 Å². The first-order valence-corrected chi connectivity index (χ1v) is 7.90. The van der Waals surface area contributed by atoms with Gasteiger partial charge in [-0.15, -0.1) is 0 Å². The van der Waals surface area contributed by atoms with Gasteiger partial charge in [-0.25, -0.2) is 8.42 Å². The third-order valence-electron chi connectivity index (χ3n) is 2.63. The number of hydrogen-bond donors (Lipinski definition) is 1. The zero-order valence-electron chi connectivity index (χ0n) is 11.9. The van der Waals surface area contributed by atoms with E-state index < -0.39 is 10.0 Å². The molecule has 0 unspecified atom stereocenters. The van der Waals surface area contributed by atoms with Crippen LogP contribution in [0.2, 0.25) is 0 Å². The Morgan fingerprint density at radius 1 is 1.24 bits per heavy atom. The molecule has 0 fully saturated rings. The van der Waals surface area contributed by atoms with Gasteiger partial charge in [0.25, 0.3) is 0 Å². The summed E-state index contributed by atoms with van der Waals surface area (Å²) >= 11 is 0. The van der Waals surface area contributed by atoms with Gasteiger partial charge in [-0.05, 0) is 38.6 Å². The second kappa shape index (κ2) is 6.71. The molecule has 0 atom stereocenters. The van der Waals surface area contributed by atoms with Crippen molar-refractivity contribution in [1.29, 1.82) is 0 Å². The van der Waals surface area contributed by atoms with Gasteiger partial charge >= 0.3 is 0 Å². The summed E-state index contributed by atoms with van der Waals surface area (Å²) in [5.74, 6) is 0.221. The van der Waals surface area contributed by atoms with E-state index >= 15 is 0 Å². The average molecular weight is 264 g/mol. The van der Waals surface area contributed by atoms with Crippen molar-refractivity contribution in [2.75, 3.05) is 18.8 Å². The number of rotatable bonds is 7. The van der Waals surface area contributed by atoms with Crippen LogP contribution in [0.3, 0.4) is 0 Å². The highest BCUT2D eigenvalue weighted by Gasteiger charge is 2.26. The van der Waals surface area contributed by atoms with Gasteiger partial charge in [0.2, 0.25) is 10.0 Å². The van der Waals surface area contributed by atoms with Gasteiger partial charge in [-0.3, -0.25) is 0 Å². The number of nitrogens with zero attached hydrogens (tertiary/aromatic N) is 1. The van der Waals surface area contributed by atoms with E-state index in [1.807, 2.05) is 13.8 Å². The van der Waals surface area contributed by atoms with Crippen molar-refractivity contribution >= 4 is 10.0 Å². The van der Waals surface area contributed by atoms with Crippen molar-refractivity contribution in [2.24, 2.45) is 11.1 Å². The Kier molecular flexibility index (Phi) is 6.66. The van der Waals surface area contributed by atoms with Gasteiger partial charge in [0.05, 0.1) is 5.75 Å². The lowest BCUT2D eigenvalue weighted by Gasteiger charge is -2.27. The standard InChI is InChI=1S/C12H28N2O2S/c1-11(2)14(9-6-8-13)17(15,16)10-7-12(3,4)5/h11H,6-10,13H2,1-5H3. The van der Waals surface area contributed by atoms with Crippen molar-refractivity contribution in [2.45, 2.75) is 53.5 Å². The smallest absolute Gasteiger partial charge is 0.214 e. The van der Waals surface area contributed by atoms with Crippen LogP contribution < -0.4 is 5.73 Å². The molecule has 0 aliphatic rings. The molecule has 104 valence electrons. The zero-order chi connectivity index (χ0) is 13.7. The Bertz CT molecular complexity index is 305. The molecule has 0 aromatic heterocycles. The minimum atomic E-state index is -3.15. The quantitative estimate of drug-likeness (QED) is 0.763. The molecule has 5 heteroatoms. The fraction of sp³-hybridized carbons (Fsp3) is 1.00. The molecule has 0 aromatic carbocycles. The van der Waals surface area contributed by atoms with Crippen LogP contribution >= 0.6 is 0 Å². The summed E-state index contributed by atoms with van der Waals surface area (Å²) in [4.78, 5) is 0. The summed E-state index contributed by atoms with van der Waals surface area (Å²) < 4.78 is 26.0. The van der Waals surface area contributed by atoms with Crippen LogP contribution in [-0.4, -0.2) is 37.6 Å². The molecule has 0 heterocycles. The molecule has 0 aliphatic carbocycles. The van der Waals surface area contributed by atoms with E-state index in [0.29, 0.717) is 25.9 Å². The lowest BCUT2D eigenvalue weighted by atomic mass is 9.94. The molecular formula is C12H28N2O2S. The van der Waals surface area contributed by atoms with Crippen LogP contribution in [-0.2, 0) is 10.0 Å². The van der Waals surface area contributed by atoms with Crippen molar-refractivity contribution < 1.29 is 8.42 Å². The fourth-order valence-electron chi connectivity index (χ4n) is 1.52. The third kappa shape index (κ3) is 7.01. The summed E-state index contributed by atoms with van der Waals surface area (Å²) in [5, 5.41) is 0. The predicted molar refractivity (Wildman–Crippen MR) is 73.4 cm³/mol. The van der Waals surface area contributed by atoms with Crippen LogP contribution in [0.25, 0.3) is 0 Å². The first-order chi connectivity index (χ1) is 7.60. The second-order valence-corrected chi connectivity index (χ2v) is 8.01. The van der Waals surface area contributed by atoms with Crippen molar-refractivity contribution in [1.82, 2.24) is 4.31 Å². The van der Waals surface area contributed by atoms with Gasteiger partial charge in [-0.2, -0.15) is 4.31 Å². The monoisotopic (exact) mass is 264 g/mol. The average Bonchev–Trinajstić information content (AvgIpc) is 2.14. The Labute approximate surface area is 107 Å². The highest BCUT2D eigenvalue weighted by Crippen LogP contribution is 2.21. The summed E-state index contributed by atoms with van der Waals surface area (Å²) in [6, 6.07) is 0.00604. The molecule has 0 spiro atoms. The molecule has 0 saturated carbocycles. The van der Waals surface area contributed by atoms with E-state index in [2.05, 4.69) is 20.8 Å². The maximum Gasteiger partial charge on any atom is 0.214 e. The van der Waals surface area contributed by atoms with Gasteiger partial charge in [0, 0.05) is 12.6 Å². The first kappa shape index (κ1) is 16.9. The molecule has 0 radical (unpaired) electrons. The molecule has 0 aliphatic heterocycles. The summed E-state index contributed by atoms with van der Waals surface area (Å²) in [6.07, 6.45) is 1.40. The van der Waals surface area contributed by atoms with Crippen LogP contribution in [0.15, 0.2) is 0 Å². The summed E-state index contributed by atoms with van der Waals surface area (Å²) in [5.41, 5.74) is 5.49. The zero-order valence-corrected chi connectivity index (χ0v) is 12.7. The summed E-state index contributed by atoms with van der Waals surface area (Å²) in [6.45, 7) is 11.0. The molecule has 4 nitrogen and oxygen atoms in total. The van der Waals surface area contributed by atoms with Gasteiger partial charge in [0.15, 0.2) is 0 Å². The molecule has 17 heavy (non-hydrogen) atoms. The maximum atomic E-state index is 12.2. The molecule has 2 N–H and O–H groups in total. The minimum absolute atomic E-state index is 0.00604. The van der Waals surface area contributed by atoms with Crippen LogP contribution in [0.1, 0.15) is 47.5 Å². The highest BCUT2D eigenvalue weighted by atomic mass is 32.2. The lowest BCUT2D eigenvalue weighted by Crippen LogP contribution is -2.40. The fourth-order valence-corrected chi connectivity index (χ4v) is 3.67. The Morgan fingerprint density at radius 3 is 2.12 bits per heavy atom. The van der Waals surface area contributed by atoms with Crippen molar-refractivity contribution in [3.05, 3.63) is 0 Å². The number of hydrogen-bond acceptors (Lipinski definition) is 3. The lowest BCUT2D eigenvalue weighted by molar-refractivity contribution is 0.341. The Hall–Kier alpha value is -0.130. The van der Waals surface area contributed by atoms with Crippen LogP contribution in [0, 0.1) is 5.41 Å². The number of nitrogens with two attached hydrogens (primary N) is 1. The molecule has 0 amide bonds. The Morgan fingerprint density at radius 2 is 1.76 bits per heavy atom. The molecular weight excluding hydrogens is 236 g/mol. The van der Waals surface area contributed by atoms with Crippen LogP contribution in [0.4, 0.5) is 0 Å². The minimum Gasteiger partial charge on any atom is -0.330 e. The highest BCUT2D eigenvalue weighted by molar-refractivity contribution is 7.89. The normalized spacial score (nSPS) is 13.6. The van der Waals surface area contributed by atoms with E-state index in [9.17, 15) is 8.42 Å². The molecule has 0 saturated heterocycles. The Balaban J connectivity index is 4.61.